The second-order valence-corrected chi connectivity index (χ2v) is 5.25. The third kappa shape index (κ3) is 3.70. The highest BCUT2D eigenvalue weighted by molar-refractivity contribution is 5.62. The molecule has 21 heavy (non-hydrogen) atoms. The van der Waals surface area contributed by atoms with E-state index in [4.69, 9.17) is 10.5 Å². The van der Waals surface area contributed by atoms with Gasteiger partial charge in [0.25, 0.3) is 0 Å². The number of anilines is 1. The second-order valence-electron chi connectivity index (χ2n) is 5.25. The van der Waals surface area contributed by atoms with Crippen molar-refractivity contribution in [2.75, 3.05) is 32.0 Å². The van der Waals surface area contributed by atoms with Gasteiger partial charge < -0.3 is 10.5 Å². The van der Waals surface area contributed by atoms with Crippen molar-refractivity contribution in [3.8, 4) is 17.0 Å². The van der Waals surface area contributed by atoms with Crippen LogP contribution in [0.25, 0.3) is 11.3 Å². The van der Waals surface area contributed by atoms with Crippen molar-refractivity contribution in [1.29, 1.82) is 0 Å². The minimum Gasteiger partial charge on any atom is -0.492 e. The number of nitrogen functional groups attached to an aromatic ring is 1. The second kappa shape index (κ2) is 6.54. The van der Waals surface area contributed by atoms with Crippen LogP contribution in [0, 0.1) is 0 Å². The third-order valence-corrected chi connectivity index (χ3v) is 3.71. The van der Waals surface area contributed by atoms with Gasteiger partial charge in [-0.2, -0.15) is 0 Å². The van der Waals surface area contributed by atoms with Crippen LogP contribution in [0.4, 0.5) is 5.82 Å². The van der Waals surface area contributed by atoms with Crippen molar-refractivity contribution in [3.63, 3.8) is 0 Å². The Balaban J connectivity index is 1.56. The molecular weight excluding hydrogens is 264 g/mol. The quantitative estimate of drug-likeness (QED) is 0.912. The van der Waals surface area contributed by atoms with Crippen molar-refractivity contribution in [2.24, 2.45) is 0 Å². The molecule has 1 aliphatic heterocycles. The Hall–Kier alpha value is -2.14. The highest BCUT2D eigenvalue weighted by Gasteiger charge is 2.10. The van der Waals surface area contributed by atoms with E-state index in [2.05, 4.69) is 14.9 Å². The number of rotatable bonds is 5. The van der Waals surface area contributed by atoms with E-state index in [1.165, 1.54) is 32.3 Å². The summed E-state index contributed by atoms with van der Waals surface area (Å²) < 4.78 is 5.78. The van der Waals surface area contributed by atoms with E-state index >= 15 is 0 Å². The predicted octanol–water partition coefficient (Wildman–Crippen LogP) is 2.20. The van der Waals surface area contributed by atoms with Crippen LogP contribution in [0.1, 0.15) is 12.8 Å². The molecule has 0 unspecified atom stereocenters. The Morgan fingerprint density at radius 3 is 2.57 bits per heavy atom. The molecule has 2 aromatic rings. The topological polar surface area (TPSA) is 64.3 Å². The first-order valence-electron chi connectivity index (χ1n) is 7.34. The Bertz CT molecular complexity index is 579. The van der Waals surface area contributed by atoms with Crippen molar-refractivity contribution in [2.45, 2.75) is 12.8 Å². The summed E-state index contributed by atoms with van der Waals surface area (Å²) in [6.07, 6.45) is 4.11. The van der Waals surface area contributed by atoms with Crippen LogP contribution in [-0.2, 0) is 0 Å². The number of hydrogen-bond acceptors (Lipinski definition) is 5. The Morgan fingerprint density at radius 2 is 1.86 bits per heavy atom. The summed E-state index contributed by atoms with van der Waals surface area (Å²) >= 11 is 0. The lowest BCUT2D eigenvalue weighted by molar-refractivity contribution is 0.238. The van der Waals surface area contributed by atoms with Gasteiger partial charge >= 0.3 is 0 Å². The number of ether oxygens (including phenoxy) is 1. The van der Waals surface area contributed by atoms with Gasteiger partial charge in [0.05, 0.1) is 5.69 Å². The summed E-state index contributed by atoms with van der Waals surface area (Å²) in [5.74, 6) is 1.37. The molecule has 5 nitrogen and oxygen atoms in total. The van der Waals surface area contributed by atoms with Gasteiger partial charge in [0.1, 0.15) is 24.5 Å². The number of nitrogens with two attached hydrogens (primary N) is 1. The zero-order valence-corrected chi connectivity index (χ0v) is 12.0. The van der Waals surface area contributed by atoms with E-state index in [0.717, 1.165) is 30.2 Å². The van der Waals surface area contributed by atoms with Crippen LogP contribution in [0.5, 0.6) is 5.75 Å². The normalized spacial score (nSPS) is 15.2. The van der Waals surface area contributed by atoms with Crippen molar-refractivity contribution < 1.29 is 4.74 Å². The Morgan fingerprint density at radius 1 is 1.10 bits per heavy atom. The molecule has 0 spiro atoms. The Labute approximate surface area is 124 Å². The first-order valence-corrected chi connectivity index (χ1v) is 7.34. The maximum atomic E-state index is 5.78. The number of likely N-dealkylation sites (tertiary alicyclic amines) is 1. The fourth-order valence-electron chi connectivity index (χ4n) is 2.55. The van der Waals surface area contributed by atoms with E-state index in [-0.39, 0.29) is 0 Å². The maximum Gasteiger partial charge on any atom is 0.127 e. The van der Waals surface area contributed by atoms with Crippen LogP contribution in [0.15, 0.2) is 36.7 Å². The van der Waals surface area contributed by atoms with Crippen molar-refractivity contribution in [3.05, 3.63) is 36.7 Å². The fourth-order valence-corrected chi connectivity index (χ4v) is 2.55. The molecule has 0 saturated carbocycles. The smallest absolute Gasteiger partial charge is 0.127 e. The Kier molecular flexibility index (Phi) is 4.31. The molecule has 0 atom stereocenters. The van der Waals surface area contributed by atoms with Crippen LogP contribution >= 0.6 is 0 Å². The van der Waals surface area contributed by atoms with Gasteiger partial charge in [-0.25, -0.2) is 9.97 Å². The highest BCUT2D eigenvalue weighted by Crippen LogP contribution is 2.21. The van der Waals surface area contributed by atoms with E-state index in [1.54, 1.807) is 6.07 Å². The zero-order chi connectivity index (χ0) is 14.5. The van der Waals surface area contributed by atoms with Gasteiger partial charge in [0.15, 0.2) is 0 Å². The highest BCUT2D eigenvalue weighted by atomic mass is 16.5. The van der Waals surface area contributed by atoms with Gasteiger partial charge in [-0.1, -0.05) is 0 Å². The molecule has 1 aromatic heterocycles. The number of hydrogen-bond donors (Lipinski definition) is 1. The third-order valence-electron chi connectivity index (χ3n) is 3.71. The number of benzene rings is 1. The first kappa shape index (κ1) is 13.8. The van der Waals surface area contributed by atoms with Crippen LogP contribution < -0.4 is 10.5 Å². The van der Waals surface area contributed by atoms with E-state index in [9.17, 15) is 0 Å². The molecule has 1 saturated heterocycles. The summed E-state index contributed by atoms with van der Waals surface area (Å²) in [6, 6.07) is 9.69. The molecule has 0 radical (unpaired) electrons. The summed E-state index contributed by atoms with van der Waals surface area (Å²) in [5.41, 5.74) is 7.51. The molecular formula is C16H20N4O. The predicted molar refractivity (Wildman–Crippen MR) is 83.0 cm³/mol. The summed E-state index contributed by atoms with van der Waals surface area (Å²) in [5, 5.41) is 0. The van der Waals surface area contributed by atoms with Gasteiger partial charge in [0, 0.05) is 18.2 Å². The van der Waals surface area contributed by atoms with E-state index < -0.39 is 0 Å². The maximum absolute atomic E-state index is 5.78. The molecule has 1 aliphatic rings. The first-order chi connectivity index (χ1) is 10.3. The summed E-state index contributed by atoms with van der Waals surface area (Å²) in [4.78, 5) is 10.6. The van der Waals surface area contributed by atoms with Crippen molar-refractivity contribution in [1.82, 2.24) is 14.9 Å². The number of aromatic nitrogens is 2. The molecule has 0 bridgehead atoms. The average Bonchev–Trinajstić information content (AvgIpc) is 3.01. The minimum atomic E-state index is 0.478. The van der Waals surface area contributed by atoms with Gasteiger partial charge in [-0.05, 0) is 50.2 Å². The zero-order valence-electron chi connectivity index (χ0n) is 12.0. The monoisotopic (exact) mass is 284 g/mol. The van der Waals surface area contributed by atoms with E-state index in [0.29, 0.717) is 5.82 Å². The van der Waals surface area contributed by atoms with Crippen LogP contribution in [0.3, 0.4) is 0 Å². The molecule has 0 aliphatic carbocycles. The summed E-state index contributed by atoms with van der Waals surface area (Å²) in [7, 11) is 0. The molecule has 2 N–H and O–H groups in total. The molecule has 5 heteroatoms. The largest absolute Gasteiger partial charge is 0.492 e. The molecule has 1 aromatic carbocycles. The molecule has 1 fully saturated rings. The molecule has 3 rings (SSSR count). The van der Waals surface area contributed by atoms with Crippen molar-refractivity contribution >= 4 is 5.82 Å². The SMILES string of the molecule is Nc1cc(-c2ccc(OCCN3CCCC3)cc2)ncn1. The van der Waals surface area contributed by atoms with E-state index in [1.807, 2.05) is 24.3 Å². The minimum absolute atomic E-state index is 0.478. The number of nitrogens with zero attached hydrogens (tertiary/aromatic N) is 3. The lowest BCUT2D eigenvalue weighted by atomic mass is 10.1. The average molecular weight is 284 g/mol. The van der Waals surface area contributed by atoms with Crippen LogP contribution in [0.2, 0.25) is 0 Å². The van der Waals surface area contributed by atoms with Gasteiger partial charge in [-0.3, -0.25) is 4.90 Å². The van der Waals surface area contributed by atoms with Gasteiger partial charge in [0.2, 0.25) is 0 Å². The molecule has 2 heterocycles. The standard InChI is InChI=1S/C16H20N4O/c17-16-11-15(18-12-19-16)13-3-5-14(6-4-13)21-10-9-20-7-1-2-8-20/h3-6,11-12H,1-2,7-10H2,(H2,17,18,19). The van der Waals surface area contributed by atoms with Crippen LogP contribution in [-0.4, -0.2) is 41.1 Å². The lowest BCUT2D eigenvalue weighted by Gasteiger charge is -2.15. The van der Waals surface area contributed by atoms with Gasteiger partial charge in [-0.15, -0.1) is 0 Å². The fraction of sp³-hybridized carbons (Fsp3) is 0.375. The molecule has 0 amide bonds. The lowest BCUT2D eigenvalue weighted by Crippen LogP contribution is -2.25. The molecule has 110 valence electrons. The summed E-state index contributed by atoms with van der Waals surface area (Å²) in [6.45, 7) is 4.15.